The number of hydrogen-bond donors (Lipinski definition) is 1. The highest BCUT2D eigenvalue weighted by Gasteiger charge is 2.13. The average Bonchev–Trinajstić information content (AvgIpc) is 2.37. The fourth-order valence-electron chi connectivity index (χ4n) is 2.18. The smallest absolute Gasteiger partial charge is 0.251 e. The summed E-state index contributed by atoms with van der Waals surface area (Å²) in [7, 11) is 0. The second-order valence-corrected chi connectivity index (χ2v) is 5.39. The summed E-state index contributed by atoms with van der Waals surface area (Å²) in [5, 5.41) is 10.2. The van der Waals surface area contributed by atoms with Gasteiger partial charge in [0.2, 0.25) is 0 Å². The molecule has 2 aromatic rings. The van der Waals surface area contributed by atoms with E-state index < -0.39 is 0 Å². The second-order valence-electron chi connectivity index (χ2n) is 5.39. The molecule has 0 fully saturated rings. The maximum atomic E-state index is 11.5. The molecule has 1 N–H and O–H groups in total. The molecule has 0 spiro atoms. The van der Waals surface area contributed by atoms with Gasteiger partial charge in [-0.2, -0.15) is 5.26 Å². The van der Waals surface area contributed by atoms with Gasteiger partial charge in [0.05, 0.1) is 12.0 Å². The highest BCUT2D eigenvalue weighted by atomic mass is 16.1. The number of aromatic nitrogens is 1. The van der Waals surface area contributed by atoms with Crippen molar-refractivity contribution >= 4 is 10.9 Å². The minimum Gasteiger partial charge on any atom is -0.322 e. The predicted octanol–water partition coefficient (Wildman–Crippen LogP) is 3.17. The van der Waals surface area contributed by atoms with Crippen molar-refractivity contribution in [3.8, 4) is 6.07 Å². The Bertz CT molecular complexity index is 692. The molecule has 19 heavy (non-hydrogen) atoms. The zero-order valence-electron chi connectivity index (χ0n) is 11.5. The van der Waals surface area contributed by atoms with Gasteiger partial charge in [-0.1, -0.05) is 19.9 Å². The highest BCUT2D eigenvalue weighted by molar-refractivity contribution is 5.79. The Kier molecular flexibility index (Phi) is 3.71. The third-order valence-electron chi connectivity index (χ3n) is 3.52. The maximum absolute atomic E-state index is 11.5. The molecule has 0 amide bonds. The Morgan fingerprint density at radius 1 is 1.32 bits per heavy atom. The first-order chi connectivity index (χ1) is 9.01. The molecule has 0 saturated heterocycles. The summed E-state index contributed by atoms with van der Waals surface area (Å²) >= 11 is 0. The Morgan fingerprint density at radius 3 is 2.68 bits per heavy atom. The van der Waals surface area contributed by atoms with E-state index in [0.717, 1.165) is 22.9 Å². The summed E-state index contributed by atoms with van der Waals surface area (Å²) in [6.07, 6.45) is 0.752. The van der Waals surface area contributed by atoms with Crippen molar-refractivity contribution in [1.82, 2.24) is 4.98 Å². The maximum Gasteiger partial charge on any atom is 0.251 e. The predicted molar refractivity (Wildman–Crippen MR) is 77.0 cm³/mol. The number of hydrogen-bond acceptors (Lipinski definition) is 2. The zero-order valence-corrected chi connectivity index (χ0v) is 11.5. The Hall–Kier alpha value is -2.08. The lowest BCUT2D eigenvalue weighted by atomic mass is 9.90. The van der Waals surface area contributed by atoms with Crippen LogP contribution in [0.15, 0.2) is 29.1 Å². The van der Waals surface area contributed by atoms with Crippen LogP contribution in [0.25, 0.3) is 10.9 Å². The molecule has 1 heterocycles. The van der Waals surface area contributed by atoms with E-state index in [1.54, 1.807) is 6.92 Å². The Labute approximate surface area is 112 Å². The van der Waals surface area contributed by atoms with E-state index in [-0.39, 0.29) is 11.5 Å². The number of aromatic amines is 1. The third kappa shape index (κ3) is 2.85. The Balaban J connectivity index is 2.39. The summed E-state index contributed by atoms with van der Waals surface area (Å²) < 4.78 is 0. The number of fused-ring (bicyclic) bond motifs is 1. The molecule has 0 radical (unpaired) electrons. The van der Waals surface area contributed by atoms with Crippen LogP contribution in [0, 0.1) is 30.1 Å². The van der Waals surface area contributed by atoms with Gasteiger partial charge in [0.25, 0.3) is 5.56 Å². The van der Waals surface area contributed by atoms with Crippen LogP contribution >= 0.6 is 0 Å². The molecule has 1 aromatic carbocycles. The number of rotatable bonds is 3. The van der Waals surface area contributed by atoms with Crippen molar-refractivity contribution in [2.24, 2.45) is 11.8 Å². The van der Waals surface area contributed by atoms with E-state index >= 15 is 0 Å². The average molecular weight is 254 g/mol. The molecule has 0 saturated carbocycles. The summed E-state index contributed by atoms with van der Waals surface area (Å²) in [4.78, 5) is 14.4. The minimum absolute atomic E-state index is 0.0290. The van der Waals surface area contributed by atoms with Gasteiger partial charge in [0.1, 0.15) is 0 Å². The third-order valence-corrected chi connectivity index (χ3v) is 3.52. The van der Waals surface area contributed by atoms with Crippen molar-refractivity contribution in [3.63, 3.8) is 0 Å². The summed E-state index contributed by atoms with van der Waals surface area (Å²) in [5.41, 5.74) is 2.65. The van der Waals surface area contributed by atoms with Gasteiger partial charge < -0.3 is 4.98 Å². The number of nitrogens with zero attached hydrogens (tertiary/aromatic N) is 1. The lowest BCUT2D eigenvalue weighted by molar-refractivity contribution is 0.474. The van der Waals surface area contributed by atoms with Gasteiger partial charge in [-0.3, -0.25) is 4.79 Å². The van der Waals surface area contributed by atoms with Gasteiger partial charge in [0, 0.05) is 11.1 Å². The van der Waals surface area contributed by atoms with E-state index in [9.17, 15) is 4.79 Å². The number of H-pyrrole nitrogens is 1. The minimum atomic E-state index is -0.0441. The van der Waals surface area contributed by atoms with E-state index in [4.69, 9.17) is 5.26 Å². The van der Waals surface area contributed by atoms with Crippen LogP contribution in [-0.4, -0.2) is 4.98 Å². The van der Waals surface area contributed by atoms with Gasteiger partial charge >= 0.3 is 0 Å². The first-order valence-electron chi connectivity index (χ1n) is 6.53. The summed E-state index contributed by atoms with van der Waals surface area (Å²) in [6.45, 7) is 5.93. The molecule has 3 nitrogen and oxygen atoms in total. The first kappa shape index (κ1) is 13.4. The van der Waals surface area contributed by atoms with Crippen LogP contribution in [0.2, 0.25) is 0 Å². The van der Waals surface area contributed by atoms with Crippen LogP contribution in [0.1, 0.15) is 25.0 Å². The molecule has 98 valence electrons. The van der Waals surface area contributed by atoms with E-state index in [1.165, 1.54) is 0 Å². The van der Waals surface area contributed by atoms with E-state index in [0.29, 0.717) is 11.5 Å². The SMILES string of the molecule is Cc1cc2cc(CC(C#N)C(C)C)ccc2[nH]c1=O. The summed E-state index contributed by atoms with van der Waals surface area (Å²) in [6, 6.07) is 10.2. The van der Waals surface area contributed by atoms with Crippen molar-refractivity contribution < 1.29 is 0 Å². The number of nitrogens with one attached hydrogen (secondary N) is 1. The van der Waals surface area contributed by atoms with Crippen LogP contribution in [-0.2, 0) is 6.42 Å². The lowest BCUT2D eigenvalue weighted by Crippen LogP contribution is -2.10. The quantitative estimate of drug-likeness (QED) is 0.914. The van der Waals surface area contributed by atoms with Crippen LogP contribution in [0.4, 0.5) is 0 Å². The molecular weight excluding hydrogens is 236 g/mol. The van der Waals surface area contributed by atoms with Gasteiger partial charge in [0.15, 0.2) is 0 Å². The molecule has 1 atom stereocenters. The molecule has 0 bridgehead atoms. The second kappa shape index (κ2) is 5.27. The van der Waals surface area contributed by atoms with Crippen molar-refractivity contribution in [3.05, 3.63) is 45.7 Å². The molecule has 1 aromatic heterocycles. The number of benzene rings is 1. The van der Waals surface area contributed by atoms with Gasteiger partial charge in [-0.05, 0) is 48.4 Å². The molecular formula is C16H18N2O. The molecule has 3 heteroatoms. The molecule has 2 rings (SSSR count). The fraction of sp³-hybridized carbons (Fsp3) is 0.375. The highest BCUT2D eigenvalue weighted by Crippen LogP contribution is 2.20. The Morgan fingerprint density at radius 2 is 2.05 bits per heavy atom. The zero-order chi connectivity index (χ0) is 14.0. The summed E-state index contributed by atoms with van der Waals surface area (Å²) in [5.74, 6) is 0.374. The largest absolute Gasteiger partial charge is 0.322 e. The van der Waals surface area contributed by atoms with Crippen LogP contribution in [0.5, 0.6) is 0 Å². The van der Waals surface area contributed by atoms with E-state index in [1.807, 2.05) is 18.2 Å². The van der Waals surface area contributed by atoms with Crippen LogP contribution in [0.3, 0.4) is 0 Å². The fourth-order valence-corrected chi connectivity index (χ4v) is 2.18. The molecule has 0 aliphatic heterocycles. The van der Waals surface area contributed by atoms with Gasteiger partial charge in [-0.15, -0.1) is 0 Å². The topological polar surface area (TPSA) is 56.6 Å². The van der Waals surface area contributed by atoms with Crippen molar-refractivity contribution in [1.29, 1.82) is 5.26 Å². The lowest BCUT2D eigenvalue weighted by Gasteiger charge is -2.13. The number of nitriles is 1. The first-order valence-corrected chi connectivity index (χ1v) is 6.53. The standard InChI is InChI=1S/C16H18N2O/c1-10(2)14(9-17)8-12-4-5-15-13(7-12)6-11(3)16(19)18-15/h4-7,10,14H,8H2,1-3H3,(H,18,19). The normalized spacial score (nSPS) is 12.6. The molecule has 0 aliphatic carbocycles. The van der Waals surface area contributed by atoms with E-state index in [2.05, 4.69) is 31.0 Å². The van der Waals surface area contributed by atoms with Gasteiger partial charge in [-0.25, -0.2) is 0 Å². The molecule has 0 aliphatic rings. The van der Waals surface area contributed by atoms with Crippen molar-refractivity contribution in [2.75, 3.05) is 0 Å². The monoisotopic (exact) mass is 254 g/mol. The molecule has 1 unspecified atom stereocenters. The van der Waals surface area contributed by atoms with Crippen LogP contribution < -0.4 is 5.56 Å². The van der Waals surface area contributed by atoms with Crippen molar-refractivity contribution in [2.45, 2.75) is 27.2 Å². The number of pyridine rings is 1. The number of aryl methyl sites for hydroxylation is 1.